The molecule has 0 spiro atoms. The number of benzene rings is 1. The van der Waals surface area contributed by atoms with Gasteiger partial charge in [0.1, 0.15) is 0 Å². The first kappa shape index (κ1) is 11.9. The number of nitrogens with zero attached hydrogens (tertiary/aromatic N) is 1. The van der Waals surface area contributed by atoms with Crippen LogP contribution in [0.1, 0.15) is 29.8 Å². The summed E-state index contributed by atoms with van der Waals surface area (Å²) in [4.78, 5) is 13.9. The lowest BCUT2D eigenvalue weighted by molar-refractivity contribution is 0.0626. The molecule has 1 aromatic rings. The van der Waals surface area contributed by atoms with Gasteiger partial charge in [0.25, 0.3) is 5.91 Å². The molecule has 0 bridgehead atoms. The van der Waals surface area contributed by atoms with Gasteiger partial charge in [-0.15, -0.1) is 0 Å². The van der Waals surface area contributed by atoms with Crippen molar-refractivity contribution < 1.29 is 9.90 Å². The molecule has 1 aromatic carbocycles. The molecule has 4 heteroatoms. The summed E-state index contributed by atoms with van der Waals surface area (Å²) in [6.07, 6.45) is 0. The van der Waals surface area contributed by atoms with E-state index < -0.39 is 0 Å². The maximum Gasteiger partial charge on any atom is 0.256 e. The third-order valence-electron chi connectivity index (χ3n) is 3.09. The van der Waals surface area contributed by atoms with Crippen LogP contribution in [0, 0.1) is 5.41 Å². The van der Waals surface area contributed by atoms with Crippen molar-refractivity contribution in [3.8, 4) is 0 Å². The number of nitrogen functional groups attached to an aromatic ring is 1. The van der Waals surface area contributed by atoms with Crippen LogP contribution in [0.25, 0.3) is 0 Å². The summed E-state index contributed by atoms with van der Waals surface area (Å²) in [6, 6.07) is 5.54. The fourth-order valence-electron chi connectivity index (χ4n) is 2.14. The highest BCUT2D eigenvalue weighted by atomic mass is 16.3. The van der Waals surface area contributed by atoms with E-state index in [0.29, 0.717) is 24.3 Å². The molecule has 0 fully saturated rings. The fourth-order valence-corrected chi connectivity index (χ4v) is 2.14. The second-order valence-electron chi connectivity index (χ2n) is 5.36. The van der Waals surface area contributed by atoms with Crippen LogP contribution in [0.3, 0.4) is 0 Å². The van der Waals surface area contributed by atoms with Gasteiger partial charge in [-0.3, -0.25) is 4.79 Å². The maximum atomic E-state index is 12.2. The zero-order chi connectivity index (χ0) is 12.6. The van der Waals surface area contributed by atoms with Gasteiger partial charge in [-0.25, -0.2) is 0 Å². The SMILES string of the molecule is CC(C)(CO)CN1Cc2cccc(N)c2C1=O. The fraction of sp³-hybridized carbons (Fsp3) is 0.462. The third kappa shape index (κ3) is 2.13. The molecule has 1 aliphatic rings. The Morgan fingerprint density at radius 3 is 2.76 bits per heavy atom. The molecule has 92 valence electrons. The maximum absolute atomic E-state index is 12.2. The van der Waals surface area contributed by atoms with Gasteiger partial charge in [0, 0.05) is 30.8 Å². The number of carbonyl (C=O) groups excluding carboxylic acids is 1. The summed E-state index contributed by atoms with van der Waals surface area (Å²) in [5.74, 6) is -0.0281. The molecule has 1 aliphatic heterocycles. The quantitative estimate of drug-likeness (QED) is 0.773. The molecule has 0 aliphatic carbocycles. The Bertz CT molecular complexity index is 455. The standard InChI is InChI=1S/C13H18N2O2/c1-13(2,8-16)7-15-6-9-4-3-5-10(14)11(9)12(15)17/h3-5,16H,6-8,14H2,1-2H3. The Morgan fingerprint density at radius 2 is 2.18 bits per heavy atom. The number of aliphatic hydroxyl groups is 1. The smallest absolute Gasteiger partial charge is 0.256 e. The van der Waals surface area contributed by atoms with Crippen LogP contribution in [0.5, 0.6) is 0 Å². The Morgan fingerprint density at radius 1 is 1.47 bits per heavy atom. The van der Waals surface area contributed by atoms with Crippen molar-refractivity contribution >= 4 is 11.6 Å². The van der Waals surface area contributed by atoms with E-state index in [1.807, 2.05) is 26.0 Å². The van der Waals surface area contributed by atoms with Crippen LogP contribution >= 0.6 is 0 Å². The van der Waals surface area contributed by atoms with Crippen molar-refractivity contribution in [1.29, 1.82) is 0 Å². The summed E-state index contributed by atoms with van der Waals surface area (Å²) < 4.78 is 0. The van der Waals surface area contributed by atoms with Crippen molar-refractivity contribution in [2.45, 2.75) is 20.4 Å². The molecule has 17 heavy (non-hydrogen) atoms. The van der Waals surface area contributed by atoms with E-state index in [1.165, 1.54) is 0 Å². The number of carbonyl (C=O) groups is 1. The van der Waals surface area contributed by atoms with Crippen LogP contribution in [0.15, 0.2) is 18.2 Å². The van der Waals surface area contributed by atoms with Gasteiger partial charge in [-0.1, -0.05) is 26.0 Å². The van der Waals surface area contributed by atoms with Crippen LogP contribution in [0.2, 0.25) is 0 Å². The summed E-state index contributed by atoms with van der Waals surface area (Å²) in [5.41, 5.74) is 7.68. The lowest BCUT2D eigenvalue weighted by Crippen LogP contribution is -2.36. The summed E-state index contributed by atoms with van der Waals surface area (Å²) in [5, 5.41) is 9.25. The van der Waals surface area contributed by atoms with E-state index >= 15 is 0 Å². The van der Waals surface area contributed by atoms with Gasteiger partial charge in [0.15, 0.2) is 0 Å². The number of hydrogen-bond donors (Lipinski definition) is 2. The minimum absolute atomic E-state index is 0.0281. The minimum Gasteiger partial charge on any atom is -0.398 e. The van der Waals surface area contributed by atoms with Crippen molar-refractivity contribution in [3.63, 3.8) is 0 Å². The Labute approximate surface area is 101 Å². The lowest BCUT2D eigenvalue weighted by Gasteiger charge is -2.28. The summed E-state index contributed by atoms with van der Waals surface area (Å²) in [6.45, 7) is 5.06. The van der Waals surface area contributed by atoms with E-state index in [4.69, 9.17) is 5.73 Å². The molecule has 0 saturated heterocycles. The lowest BCUT2D eigenvalue weighted by atomic mass is 9.94. The molecule has 1 heterocycles. The Hall–Kier alpha value is -1.55. The van der Waals surface area contributed by atoms with Crippen molar-refractivity contribution in [2.24, 2.45) is 5.41 Å². The van der Waals surface area contributed by atoms with E-state index in [9.17, 15) is 9.90 Å². The highest BCUT2D eigenvalue weighted by molar-refractivity contribution is 6.03. The second kappa shape index (κ2) is 4.04. The Kier molecular flexibility index (Phi) is 2.83. The molecule has 2 rings (SSSR count). The molecular formula is C13H18N2O2. The number of amides is 1. The van der Waals surface area contributed by atoms with E-state index in [0.717, 1.165) is 5.56 Å². The van der Waals surface area contributed by atoms with Gasteiger partial charge in [-0.05, 0) is 11.6 Å². The van der Waals surface area contributed by atoms with Gasteiger partial charge in [0.05, 0.1) is 5.56 Å². The zero-order valence-corrected chi connectivity index (χ0v) is 10.2. The van der Waals surface area contributed by atoms with Gasteiger partial charge >= 0.3 is 0 Å². The predicted molar refractivity (Wildman–Crippen MR) is 66.5 cm³/mol. The monoisotopic (exact) mass is 234 g/mol. The van der Waals surface area contributed by atoms with Crippen LogP contribution in [0.4, 0.5) is 5.69 Å². The van der Waals surface area contributed by atoms with Gasteiger partial charge < -0.3 is 15.7 Å². The molecule has 4 nitrogen and oxygen atoms in total. The molecule has 3 N–H and O–H groups in total. The molecule has 1 amide bonds. The zero-order valence-electron chi connectivity index (χ0n) is 10.2. The number of fused-ring (bicyclic) bond motifs is 1. The van der Waals surface area contributed by atoms with Crippen molar-refractivity contribution in [2.75, 3.05) is 18.9 Å². The van der Waals surface area contributed by atoms with Crippen LogP contribution in [-0.4, -0.2) is 29.1 Å². The first-order valence-corrected chi connectivity index (χ1v) is 5.72. The average molecular weight is 234 g/mol. The van der Waals surface area contributed by atoms with Crippen LogP contribution in [-0.2, 0) is 6.54 Å². The highest BCUT2D eigenvalue weighted by Gasteiger charge is 2.32. The third-order valence-corrected chi connectivity index (χ3v) is 3.09. The van der Waals surface area contributed by atoms with Crippen LogP contribution < -0.4 is 5.73 Å². The average Bonchev–Trinajstić information content (AvgIpc) is 2.57. The molecular weight excluding hydrogens is 216 g/mol. The molecule has 0 atom stereocenters. The second-order valence-corrected chi connectivity index (χ2v) is 5.36. The molecule has 0 unspecified atom stereocenters. The number of nitrogens with two attached hydrogens (primary N) is 1. The number of rotatable bonds is 3. The number of aliphatic hydroxyl groups excluding tert-OH is 1. The highest BCUT2D eigenvalue weighted by Crippen LogP contribution is 2.29. The number of hydrogen-bond acceptors (Lipinski definition) is 3. The molecule has 0 radical (unpaired) electrons. The Balaban J connectivity index is 2.24. The van der Waals surface area contributed by atoms with E-state index in [1.54, 1.807) is 11.0 Å². The first-order chi connectivity index (χ1) is 7.94. The topological polar surface area (TPSA) is 66.6 Å². The van der Waals surface area contributed by atoms with Crippen molar-refractivity contribution in [1.82, 2.24) is 4.90 Å². The van der Waals surface area contributed by atoms with Gasteiger partial charge in [-0.2, -0.15) is 0 Å². The van der Waals surface area contributed by atoms with E-state index in [2.05, 4.69) is 0 Å². The molecule has 0 saturated carbocycles. The van der Waals surface area contributed by atoms with E-state index in [-0.39, 0.29) is 17.9 Å². The summed E-state index contributed by atoms with van der Waals surface area (Å²) in [7, 11) is 0. The van der Waals surface area contributed by atoms with Gasteiger partial charge in [0.2, 0.25) is 0 Å². The number of anilines is 1. The minimum atomic E-state index is -0.285. The first-order valence-electron chi connectivity index (χ1n) is 5.72. The van der Waals surface area contributed by atoms with Crippen molar-refractivity contribution in [3.05, 3.63) is 29.3 Å². The predicted octanol–water partition coefficient (Wildman–Crippen LogP) is 1.24. The molecule has 0 aromatic heterocycles. The summed E-state index contributed by atoms with van der Waals surface area (Å²) >= 11 is 0. The normalized spacial score (nSPS) is 15.2. The largest absolute Gasteiger partial charge is 0.398 e.